The Balaban J connectivity index is 1.96. The van der Waals surface area contributed by atoms with Crippen LogP contribution in [0.2, 0.25) is 0 Å². The van der Waals surface area contributed by atoms with E-state index in [9.17, 15) is 5.11 Å². The maximum absolute atomic E-state index is 10.4. The lowest BCUT2D eigenvalue weighted by Gasteiger charge is -2.59. The van der Waals surface area contributed by atoms with Crippen molar-refractivity contribution in [2.45, 2.75) is 71.0 Å². The van der Waals surface area contributed by atoms with Crippen molar-refractivity contribution in [3.63, 3.8) is 0 Å². The molecule has 3 fully saturated rings. The second kappa shape index (κ2) is 3.73. The van der Waals surface area contributed by atoms with E-state index in [4.69, 9.17) is 4.74 Å². The van der Waals surface area contributed by atoms with Crippen LogP contribution in [0.5, 0.6) is 0 Å². The number of aliphatic hydroxyl groups excluding tert-OH is 1. The molecule has 1 N–H and O–H groups in total. The van der Waals surface area contributed by atoms with Crippen molar-refractivity contribution >= 4 is 0 Å². The van der Waals surface area contributed by atoms with Gasteiger partial charge in [0.2, 0.25) is 0 Å². The molecule has 5 atom stereocenters. The number of hydrogen-bond donors (Lipinski definition) is 1. The smallest absolute Gasteiger partial charge is 0.0716 e. The zero-order valence-electron chi connectivity index (χ0n) is 12.3. The van der Waals surface area contributed by atoms with E-state index in [1.54, 1.807) is 0 Å². The van der Waals surface area contributed by atoms with Gasteiger partial charge in [-0.05, 0) is 61.2 Å². The van der Waals surface area contributed by atoms with Crippen LogP contribution in [-0.4, -0.2) is 23.9 Å². The fourth-order valence-corrected chi connectivity index (χ4v) is 5.39. The summed E-state index contributed by atoms with van der Waals surface area (Å²) in [7, 11) is 1.89. The normalized spacial score (nSPS) is 54.2. The second-order valence-corrected chi connectivity index (χ2v) is 8.10. The van der Waals surface area contributed by atoms with E-state index in [1.807, 2.05) is 7.11 Å². The number of methoxy groups -OCH3 is 1. The lowest BCUT2D eigenvalue weighted by molar-refractivity contribution is -0.192. The van der Waals surface area contributed by atoms with Crippen molar-refractivity contribution in [3.8, 4) is 0 Å². The molecule has 3 saturated carbocycles. The molecule has 3 rings (SSSR count). The van der Waals surface area contributed by atoms with Crippen LogP contribution < -0.4 is 0 Å². The maximum atomic E-state index is 10.4. The average molecular weight is 252 g/mol. The Bertz CT molecular complexity index is 351. The number of fused-ring (bicyclic) bond motifs is 4. The number of hydrogen-bond acceptors (Lipinski definition) is 2. The summed E-state index contributed by atoms with van der Waals surface area (Å²) >= 11 is 0. The summed E-state index contributed by atoms with van der Waals surface area (Å²) in [5, 5.41) is 10.4. The fourth-order valence-electron chi connectivity index (χ4n) is 5.39. The third-order valence-electron chi connectivity index (χ3n) is 6.69. The van der Waals surface area contributed by atoms with Crippen molar-refractivity contribution in [1.29, 1.82) is 0 Å². The molecule has 104 valence electrons. The molecule has 2 bridgehead atoms. The predicted octanol–water partition coefficient (Wildman–Crippen LogP) is 3.38. The first-order valence-corrected chi connectivity index (χ1v) is 7.56. The molecule has 18 heavy (non-hydrogen) atoms. The van der Waals surface area contributed by atoms with E-state index in [0.717, 1.165) is 31.1 Å². The first-order valence-electron chi connectivity index (χ1n) is 7.56. The average Bonchev–Trinajstić information content (AvgIpc) is 2.39. The van der Waals surface area contributed by atoms with Crippen LogP contribution in [0.4, 0.5) is 0 Å². The molecular weight excluding hydrogens is 224 g/mol. The van der Waals surface area contributed by atoms with E-state index in [2.05, 4.69) is 20.8 Å². The Morgan fingerprint density at radius 2 is 1.78 bits per heavy atom. The lowest BCUT2D eigenvalue weighted by Crippen LogP contribution is -2.58. The van der Waals surface area contributed by atoms with Crippen LogP contribution >= 0.6 is 0 Å². The standard InChI is InChI=1S/C16H28O2/c1-14(2)9-12-11(14)5-7-15(3)10-16(12,18-4)8-6-13(15)17/h11-13,17H,5-10H2,1-4H3/t11-,12-,13+,15+,16+/m1/s1. The van der Waals surface area contributed by atoms with E-state index < -0.39 is 0 Å². The lowest BCUT2D eigenvalue weighted by atomic mass is 9.49. The summed E-state index contributed by atoms with van der Waals surface area (Å²) in [6.45, 7) is 7.10. The number of ether oxygens (including phenoxy) is 1. The minimum atomic E-state index is -0.124. The van der Waals surface area contributed by atoms with Crippen molar-refractivity contribution in [2.75, 3.05) is 7.11 Å². The van der Waals surface area contributed by atoms with Gasteiger partial charge in [0.1, 0.15) is 0 Å². The molecule has 0 aliphatic heterocycles. The Hall–Kier alpha value is -0.0800. The molecule has 2 nitrogen and oxygen atoms in total. The van der Waals surface area contributed by atoms with Gasteiger partial charge in [-0.2, -0.15) is 0 Å². The quantitative estimate of drug-likeness (QED) is 0.775. The molecule has 3 aliphatic carbocycles. The second-order valence-electron chi connectivity index (χ2n) is 8.10. The molecule has 0 saturated heterocycles. The molecule has 3 aliphatic rings. The summed E-state index contributed by atoms with van der Waals surface area (Å²) < 4.78 is 6.06. The molecular formula is C16H28O2. The van der Waals surface area contributed by atoms with Gasteiger partial charge in [-0.1, -0.05) is 20.8 Å². The van der Waals surface area contributed by atoms with Crippen molar-refractivity contribution < 1.29 is 9.84 Å². The molecule has 0 aromatic carbocycles. The van der Waals surface area contributed by atoms with Crippen molar-refractivity contribution in [3.05, 3.63) is 0 Å². The minimum Gasteiger partial charge on any atom is -0.393 e. The SMILES string of the molecule is CO[C@]12CC[C@H](O)[C@@](C)(CC[C@@H]3[C@H]1CC3(C)C)C2. The topological polar surface area (TPSA) is 29.5 Å². The Kier molecular flexibility index (Phi) is 2.68. The Morgan fingerprint density at radius 1 is 1.06 bits per heavy atom. The minimum absolute atomic E-state index is 0.0602. The first kappa shape index (κ1) is 12.9. The van der Waals surface area contributed by atoms with Gasteiger partial charge in [-0.3, -0.25) is 0 Å². The predicted molar refractivity (Wildman–Crippen MR) is 72.3 cm³/mol. The largest absolute Gasteiger partial charge is 0.393 e. The van der Waals surface area contributed by atoms with E-state index in [1.165, 1.54) is 19.3 Å². The summed E-state index contributed by atoms with van der Waals surface area (Å²) in [4.78, 5) is 0. The highest BCUT2D eigenvalue weighted by Crippen LogP contribution is 2.65. The van der Waals surface area contributed by atoms with Gasteiger partial charge < -0.3 is 9.84 Å². The third kappa shape index (κ3) is 1.54. The molecule has 2 heteroatoms. The molecule has 0 unspecified atom stereocenters. The Morgan fingerprint density at radius 3 is 2.39 bits per heavy atom. The van der Waals surface area contributed by atoms with Crippen LogP contribution in [0, 0.1) is 22.7 Å². The maximum Gasteiger partial charge on any atom is 0.0716 e. The highest BCUT2D eigenvalue weighted by molar-refractivity contribution is 5.12. The van der Waals surface area contributed by atoms with Gasteiger partial charge in [0, 0.05) is 7.11 Å². The number of rotatable bonds is 1. The van der Waals surface area contributed by atoms with Gasteiger partial charge >= 0.3 is 0 Å². The van der Waals surface area contributed by atoms with E-state index in [-0.39, 0.29) is 17.1 Å². The van der Waals surface area contributed by atoms with E-state index >= 15 is 0 Å². The Labute approximate surface area is 111 Å². The molecule has 0 spiro atoms. The van der Waals surface area contributed by atoms with Crippen LogP contribution in [0.25, 0.3) is 0 Å². The molecule has 0 aromatic rings. The van der Waals surface area contributed by atoms with Gasteiger partial charge in [-0.15, -0.1) is 0 Å². The monoisotopic (exact) mass is 252 g/mol. The highest BCUT2D eigenvalue weighted by atomic mass is 16.5. The van der Waals surface area contributed by atoms with Gasteiger partial charge in [0.05, 0.1) is 11.7 Å². The fraction of sp³-hybridized carbons (Fsp3) is 1.00. The summed E-state index contributed by atoms with van der Waals surface area (Å²) in [6.07, 6.45) is 6.67. The summed E-state index contributed by atoms with van der Waals surface area (Å²) in [6, 6.07) is 0. The summed E-state index contributed by atoms with van der Waals surface area (Å²) in [5.74, 6) is 1.52. The van der Waals surface area contributed by atoms with Crippen LogP contribution in [-0.2, 0) is 4.74 Å². The molecule has 0 heterocycles. The van der Waals surface area contributed by atoms with Gasteiger partial charge in [0.15, 0.2) is 0 Å². The zero-order chi connectivity index (χ0) is 13.2. The van der Waals surface area contributed by atoms with Crippen molar-refractivity contribution in [1.82, 2.24) is 0 Å². The summed E-state index contributed by atoms with van der Waals surface area (Å²) in [5.41, 5.74) is 0.626. The van der Waals surface area contributed by atoms with Crippen molar-refractivity contribution in [2.24, 2.45) is 22.7 Å². The highest BCUT2D eigenvalue weighted by Gasteiger charge is 2.62. The zero-order valence-corrected chi connectivity index (χ0v) is 12.3. The van der Waals surface area contributed by atoms with Crippen LogP contribution in [0.15, 0.2) is 0 Å². The van der Waals surface area contributed by atoms with Gasteiger partial charge in [0.25, 0.3) is 0 Å². The van der Waals surface area contributed by atoms with E-state index in [0.29, 0.717) is 5.41 Å². The van der Waals surface area contributed by atoms with Crippen LogP contribution in [0.3, 0.4) is 0 Å². The molecule has 0 amide bonds. The van der Waals surface area contributed by atoms with Gasteiger partial charge in [-0.25, -0.2) is 0 Å². The third-order valence-corrected chi connectivity index (χ3v) is 6.69. The number of aliphatic hydroxyl groups is 1. The van der Waals surface area contributed by atoms with Crippen LogP contribution in [0.1, 0.15) is 59.3 Å². The first-order chi connectivity index (χ1) is 8.33. The molecule has 0 aromatic heterocycles. The molecule has 0 radical (unpaired) electrons.